The van der Waals surface area contributed by atoms with Crippen molar-refractivity contribution in [3.63, 3.8) is 0 Å². The highest BCUT2D eigenvalue weighted by molar-refractivity contribution is 6.33. The Bertz CT molecular complexity index is 630. The Morgan fingerprint density at radius 2 is 1.70 bits per heavy atom. The average molecular weight is 298 g/mol. The summed E-state index contributed by atoms with van der Waals surface area (Å²) in [5.74, 6) is -0.289. The Hall–Kier alpha value is -2.14. The van der Waals surface area contributed by atoms with E-state index in [4.69, 9.17) is 17.3 Å². The standard InChI is InChI=1S/C14H10ClF2NO2/c15-11-7-9(3-6-12(11)18)13(19)8-1-4-10(5-2-8)20-14(16)17/h1-7,14H,18H2. The topological polar surface area (TPSA) is 52.3 Å². The van der Waals surface area contributed by atoms with Gasteiger partial charge in [-0.15, -0.1) is 0 Å². The van der Waals surface area contributed by atoms with Gasteiger partial charge in [-0.05, 0) is 42.5 Å². The van der Waals surface area contributed by atoms with Crippen LogP contribution in [0.25, 0.3) is 0 Å². The number of ketones is 1. The van der Waals surface area contributed by atoms with Crippen molar-refractivity contribution in [2.75, 3.05) is 5.73 Å². The number of benzene rings is 2. The van der Waals surface area contributed by atoms with Crippen molar-refractivity contribution in [2.24, 2.45) is 0 Å². The third-order valence-electron chi connectivity index (χ3n) is 2.60. The molecule has 2 aromatic carbocycles. The molecule has 0 unspecified atom stereocenters. The molecule has 2 rings (SSSR count). The molecule has 6 heteroatoms. The highest BCUT2D eigenvalue weighted by atomic mass is 35.5. The molecule has 0 amide bonds. The van der Waals surface area contributed by atoms with Crippen LogP contribution in [-0.4, -0.2) is 12.4 Å². The third kappa shape index (κ3) is 3.24. The summed E-state index contributed by atoms with van der Waals surface area (Å²) >= 11 is 5.85. The fraction of sp³-hybridized carbons (Fsp3) is 0.0714. The first-order valence-electron chi connectivity index (χ1n) is 5.62. The third-order valence-corrected chi connectivity index (χ3v) is 2.93. The summed E-state index contributed by atoms with van der Waals surface area (Å²) in [5, 5.41) is 0.286. The summed E-state index contributed by atoms with van der Waals surface area (Å²) in [4.78, 5) is 12.2. The van der Waals surface area contributed by atoms with E-state index in [0.717, 1.165) is 0 Å². The van der Waals surface area contributed by atoms with E-state index in [1.54, 1.807) is 6.07 Å². The van der Waals surface area contributed by atoms with Gasteiger partial charge in [0.25, 0.3) is 0 Å². The van der Waals surface area contributed by atoms with Gasteiger partial charge in [-0.25, -0.2) is 0 Å². The van der Waals surface area contributed by atoms with Crippen molar-refractivity contribution in [3.8, 4) is 5.75 Å². The number of rotatable bonds is 4. The second kappa shape index (κ2) is 5.88. The monoisotopic (exact) mass is 297 g/mol. The van der Waals surface area contributed by atoms with Crippen LogP contribution in [0.2, 0.25) is 5.02 Å². The fourth-order valence-electron chi connectivity index (χ4n) is 1.62. The highest BCUT2D eigenvalue weighted by Gasteiger charge is 2.11. The predicted molar refractivity (Wildman–Crippen MR) is 72.4 cm³/mol. The van der Waals surface area contributed by atoms with Crippen LogP contribution in [0, 0.1) is 0 Å². The van der Waals surface area contributed by atoms with E-state index in [2.05, 4.69) is 4.74 Å². The second-order valence-corrected chi connectivity index (χ2v) is 4.38. The molecule has 0 aliphatic heterocycles. The van der Waals surface area contributed by atoms with Crippen LogP contribution >= 0.6 is 11.6 Å². The SMILES string of the molecule is Nc1ccc(C(=O)c2ccc(OC(F)F)cc2)cc1Cl. The molecule has 0 saturated carbocycles. The first-order chi connectivity index (χ1) is 9.47. The zero-order valence-electron chi connectivity index (χ0n) is 10.1. The Labute approximate surface area is 118 Å². The number of ether oxygens (including phenoxy) is 1. The summed E-state index contributed by atoms with van der Waals surface area (Å²) in [6.45, 7) is -2.90. The van der Waals surface area contributed by atoms with E-state index in [-0.39, 0.29) is 16.6 Å². The summed E-state index contributed by atoms with van der Waals surface area (Å²) in [5.41, 5.74) is 6.65. The molecule has 0 saturated heterocycles. The van der Waals surface area contributed by atoms with Gasteiger partial charge in [-0.3, -0.25) is 4.79 Å². The van der Waals surface area contributed by atoms with Gasteiger partial charge in [0.1, 0.15) is 5.75 Å². The quantitative estimate of drug-likeness (QED) is 0.690. The van der Waals surface area contributed by atoms with Gasteiger partial charge < -0.3 is 10.5 Å². The lowest BCUT2D eigenvalue weighted by atomic mass is 10.0. The number of carbonyl (C=O) groups excluding carboxylic acids is 1. The smallest absolute Gasteiger partial charge is 0.387 e. The molecular weight excluding hydrogens is 288 g/mol. The molecule has 20 heavy (non-hydrogen) atoms. The van der Waals surface area contributed by atoms with Crippen LogP contribution in [0.4, 0.5) is 14.5 Å². The minimum atomic E-state index is -2.90. The predicted octanol–water partition coefficient (Wildman–Crippen LogP) is 3.75. The van der Waals surface area contributed by atoms with Crippen LogP contribution in [0.1, 0.15) is 15.9 Å². The molecule has 3 nitrogen and oxygen atoms in total. The number of anilines is 1. The Morgan fingerprint density at radius 3 is 2.25 bits per heavy atom. The van der Waals surface area contributed by atoms with Crippen LogP contribution in [0.5, 0.6) is 5.75 Å². The van der Waals surface area contributed by atoms with Crippen molar-refractivity contribution >= 4 is 23.1 Å². The lowest BCUT2D eigenvalue weighted by Crippen LogP contribution is -2.04. The van der Waals surface area contributed by atoms with Gasteiger partial charge in [-0.1, -0.05) is 11.6 Å². The van der Waals surface area contributed by atoms with Gasteiger partial charge in [0.15, 0.2) is 5.78 Å². The van der Waals surface area contributed by atoms with Gasteiger partial charge in [-0.2, -0.15) is 8.78 Å². The van der Waals surface area contributed by atoms with Crippen molar-refractivity contribution < 1.29 is 18.3 Å². The minimum absolute atomic E-state index is 0.00751. The minimum Gasteiger partial charge on any atom is -0.435 e. The van der Waals surface area contributed by atoms with Crippen molar-refractivity contribution in [2.45, 2.75) is 6.61 Å². The molecular formula is C14H10ClF2NO2. The molecule has 0 radical (unpaired) electrons. The maximum atomic E-state index is 12.2. The molecule has 0 atom stereocenters. The molecule has 2 N–H and O–H groups in total. The van der Waals surface area contributed by atoms with E-state index in [1.807, 2.05) is 0 Å². The lowest BCUT2D eigenvalue weighted by Gasteiger charge is -2.06. The molecule has 0 aliphatic carbocycles. The number of hydrogen-bond acceptors (Lipinski definition) is 3. The molecule has 0 spiro atoms. The summed E-state index contributed by atoms with van der Waals surface area (Å²) in [6, 6.07) is 9.96. The maximum Gasteiger partial charge on any atom is 0.387 e. The summed E-state index contributed by atoms with van der Waals surface area (Å²) in [6.07, 6.45) is 0. The van der Waals surface area contributed by atoms with Gasteiger partial charge in [0.2, 0.25) is 0 Å². The van der Waals surface area contributed by atoms with Crippen LogP contribution in [-0.2, 0) is 0 Å². The largest absolute Gasteiger partial charge is 0.435 e. The van der Waals surface area contributed by atoms with Crippen LogP contribution < -0.4 is 10.5 Å². The number of nitrogens with two attached hydrogens (primary N) is 1. The lowest BCUT2D eigenvalue weighted by molar-refractivity contribution is -0.0498. The van der Waals surface area contributed by atoms with E-state index in [0.29, 0.717) is 16.8 Å². The van der Waals surface area contributed by atoms with Gasteiger partial charge in [0, 0.05) is 11.1 Å². The maximum absolute atomic E-state index is 12.2. The van der Waals surface area contributed by atoms with E-state index >= 15 is 0 Å². The van der Waals surface area contributed by atoms with Crippen molar-refractivity contribution in [1.82, 2.24) is 0 Å². The van der Waals surface area contributed by atoms with E-state index < -0.39 is 6.61 Å². The Morgan fingerprint density at radius 1 is 1.10 bits per heavy atom. The van der Waals surface area contributed by atoms with E-state index in [1.165, 1.54) is 36.4 Å². The fourth-order valence-corrected chi connectivity index (χ4v) is 1.80. The van der Waals surface area contributed by atoms with E-state index in [9.17, 15) is 13.6 Å². The zero-order valence-corrected chi connectivity index (χ0v) is 10.9. The molecule has 0 aliphatic rings. The van der Waals surface area contributed by atoms with Crippen molar-refractivity contribution in [3.05, 3.63) is 58.6 Å². The van der Waals surface area contributed by atoms with Crippen LogP contribution in [0.15, 0.2) is 42.5 Å². The zero-order chi connectivity index (χ0) is 14.7. The molecule has 2 aromatic rings. The summed E-state index contributed by atoms with van der Waals surface area (Å²) < 4.78 is 28.2. The Balaban J connectivity index is 2.22. The van der Waals surface area contributed by atoms with Crippen molar-refractivity contribution in [1.29, 1.82) is 0 Å². The molecule has 0 bridgehead atoms. The first kappa shape index (κ1) is 14.3. The molecule has 104 valence electrons. The number of alkyl halides is 2. The van der Waals surface area contributed by atoms with Gasteiger partial charge in [0.05, 0.1) is 10.7 Å². The number of nitrogen functional groups attached to an aromatic ring is 1. The second-order valence-electron chi connectivity index (χ2n) is 3.97. The number of hydrogen-bond donors (Lipinski definition) is 1. The molecule has 0 fully saturated rings. The van der Waals surface area contributed by atoms with Crippen LogP contribution in [0.3, 0.4) is 0 Å². The molecule has 0 aromatic heterocycles. The molecule has 0 heterocycles. The highest BCUT2D eigenvalue weighted by Crippen LogP contribution is 2.22. The Kier molecular flexibility index (Phi) is 4.20. The summed E-state index contributed by atoms with van der Waals surface area (Å²) in [7, 11) is 0. The first-order valence-corrected chi connectivity index (χ1v) is 6.00. The normalized spacial score (nSPS) is 10.6. The average Bonchev–Trinajstić information content (AvgIpc) is 2.41. The number of halogens is 3. The number of carbonyl (C=O) groups is 1. The van der Waals surface area contributed by atoms with Gasteiger partial charge >= 0.3 is 6.61 Å².